The van der Waals surface area contributed by atoms with Gasteiger partial charge in [0.1, 0.15) is 16.9 Å². The molecule has 3 N–H and O–H groups in total. The van der Waals surface area contributed by atoms with E-state index >= 15 is 0 Å². The van der Waals surface area contributed by atoms with E-state index in [1.807, 2.05) is 30.3 Å². The van der Waals surface area contributed by atoms with Gasteiger partial charge in [-0.1, -0.05) is 18.2 Å². The molecule has 0 bridgehead atoms. The minimum Gasteiger partial charge on any atom is -0.441 e. The molecule has 41 heavy (non-hydrogen) atoms. The first-order chi connectivity index (χ1) is 19.9. The number of aryl methyl sites for hydroxylation is 2. The summed E-state index contributed by atoms with van der Waals surface area (Å²) in [6.45, 7) is 1.93. The fourth-order valence-corrected chi connectivity index (χ4v) is 5.03. The van der Waals surface area contributed by atoms with Crippen LogP contribution in [0, 0.1) is 6.92 Å². The zero-order valence-corrected chi connectivity index (χ0v) is 21.4. The van der Waals surface area contributed by atoms with Gasteiger partial charge in [-0.05, 0) is 64.2 Å². The Kier molecular flexibility index (Phi) is 5.62. The third kappa shape index (κ3) is 4.38. The highest BCUT2D eigenvalue weighted by atomic mass is 16.5. The second-order valence-corrected chi connectivity index (χ2v) is 9.54. The molecule has 4 heterocycles. The van der Waals surface area contributed by atoms with Crippen LogP contribution in [0.5, 0.6) is 0 Å². The minimum atomic E-state index is -0.891. The van der Waals surface area contributed by atoms with E-state index in [9.17, 15) is 14.4 Å². The number of benzene rings is 2. The van der Waals surface area contributed by atoms with Crippen LogP contribution < -0.4 is 16.4 Å². The van der Waals surface area contributed by atoms with Crippen molar-refractivity contribution in [3.8, 4) is 11.4 Å². The molecular formula is C26H20N10O5. The van der Waals surface area contributed by atoms with Gasteiger partial charge in [-0.25, -0.2) is 19.2 Å². The summed E-state index contributed by atoms with van der Waals surface area (Å²) in [5.74, 6) is -1.22. The monoisotopic (exact) mass is 552 g/mol. The minimum absolute atomic E-state index is 0.0987. The van der Waals surface area contributed by atoms with E-state index in [1.54, 1.807) is 13.0 Å². The number of aromatic amines is 1. The van der Waals surface area contributed by atoms with Crippen LogP contribution in [0.4, 0.5) is 0 Å². The number of rotatable bonds is 6. The molecule has 0 fully saturated rings. The van der Waals surface area contributed by atoms with Crippen molar-refractivity contribution in [3.05, 3.63) is 87.0 Å². The highest BCUT2D eigenvalue weighted by Crippen LogP contribution is 2.33. The SMILES string of the molecule is Cc1nc2cc(CNC(=O)c3cc(C(=O)N[C@H]4CCc5cc(-c6nn[nH]n6)ccc54)n4c(=O)onc4n3)ccc2o1. The van der Waals surface area contributed by atoms with Gasteiger partial charge in [0.05, 0.1) is 6.04 Å². The summed E-state index contributed by atoms with van der Waals surface area (Å²) < 4.78 is 11.2. The Labute approximate surface area is 229 Å². The maximum absolute atomic E-state index is 13.5. The molecule has 0 saturated heterocycles. The molecule has 0 spiro atoms. The predicted molar refractivity (Wildman–Crippen MR) is 140 cm³/mol. The third-order valence-corrected chi connectivity index (χ3v) is 6.93. The van der Waals surface area contributed by atoms with E-state index in [0.29, 0.717) is 29.2 Å². The van der Waals surface area contributed by atoms with E-state index in [1.165, 1.54) is 6.07 Å². The van der Waals surface area contributed by atoms with E-state index in [4.69, 9.17) is 8.94 Å². The number of aromatic nitrogens is 8. The molecule has 2 amide bonds. The van der Waals surface area contributed by atoms with Crippen LogP contribution in [0.15, 0.2) is 56.2 Å². The molecule has 7 rings (SSSR count). The van der Waals surface area contributed by atoms with E-state index in [-0.39, 0.29) is 29.8 Å². The maximum Gasteiger partial charge on any atom is 0.448 e. The molecule has 1 aliphatic rings. The maximum atomic E-state index is 13.5. The number of carbonyl (C=O) groups excluding carboxylic acids is 2. The molecule has 15 nitrogen and oxygen atoms in total. The summed E-state index contributed by atoms with van der Waals surface area (Å²) in [6.07, 6.45) is 1.37. The Hall–Kier alpha value is -5.73. The zero-order chi connectivity index (χ0) is 28.1. The number of nitrogens with one attached hydrogen (secondary N) is 3. The molecule has 2 aromatic carbocycles. The van der Waals surface area contributed by atoms with Crippen molar-refractivity contribution in [3.63, 3.8) is 0 Å². The zero-order valence-electron chi connectivity index (χ0n) is 21.4. The van der Waals surface area contributed by atoms with E-state index in [2.05, 4.69) is 46.4 Å². The Balaban J connectivity index is 1.12. The van der Waals surface area contributed by atoms with Crippen molar-refractivity contribution in [2.75, 3.05) is 0 Å². The van der Waals surface area contributed by atoms with Crippen molar-refractivity contribution in [1.29, 1.82) is 0 Å². The van der Waals surface area contributed by atoms with Gasteiger partial charge in [0, 0.05) is 19.0 Å². The molecular weight excluding hydrogens is 532 g/mol. The number of hydrogen-bond donors (Lipinski definition) is 3. The fraction of sp³-hybridized carbons (Fsp3) is 0.192. The molecule has 0 saturated carbocycles. The van der Waals surface area contributed by atoms with Crippen LogP contribution in [0.1, 0.15) is 56.0 Å². The summed E-state index contributed by atoms with van der Waals surface area (Å²) in [7, 11) is 0. The number of nitrogens with zero attached hydrogens (tertiary/aromatic N) is 7. The number of carbonyl (C=O) groups is 2. The lowest BCUT2D eigenvalue weighted by Crippen LogP contribution is -2.32. The molecule has 1 atom stereocenters. The molecule has 15 heteroatoms. The molecule has 0 radical (unpaired) electrons. The highest BCUT2D eigenvalue weighted by Gasteiger charge is 2.27. The van der Waals surface area contributed by atoms with Gasteiger partial charge in [-0.2, -0.15) is 5.21 Å². The topological polar surface area (TPSA) is 199 Å². The number of hydrogen-bond acceptors (Lipinski definition) is 11. The summed E-state index contributed by atoms with van der Waals surface area (Å²) >= 11 is 0. The Morgan fingerprint density at radius 3 is 2.88 bits per heavy atom. The summed E-state index contributed by atoms with van der Waals surface area (Å²) in [4.78, 5) is 47.3. The highest BCUT2D eigenvalue weighted by molar-refractivity contribution is 5.98. The number of tetrazole rings is 1. The van der Waals surface area contributed by atoms with Gasteiger partial charge >= 0.3 is 5.76 Å². The van der Waals surface area contributed by atoms with Gasteiger partial charge in [-0.3, -0.25) is 14.1 Å². The quantitative estimate of drug-likeness (QED) is 0.271. The van der Waals surface area contributed by atoms with Crippen LogP contribution in [0.3, 0.4) is 0 Å². The molecule has 0 aliphatic heterocycles. The second-order valence-electron chi connectivity index (χ2n) is 9.54. The van der Waals surface area contributed by atoms with Crippen LogP contribution in [-0.4, -0.2) is 52.0 Å². The first-order valence-electron chi connectivity index (χ1n) is 12.6. The summed E-state index contributed by atoms with van der Waals surface area (Å²) in [5, 5.41) is 23.4. The normalized spacial score (nSPS) is 14.4. The number of amides is 2. The smallest absolute Gasteiger partial charge is 0.441 e. The lowest BCUT2D eigenvalue weighted by atomic mass is 10.0. The molecule has 4 aromatic heterocycles. The van der Waals surface area contributed by atoms with Crippen LogP contribution in [0.25, 0.3) is 28.3 Å². The lowest BCUT2D eigenvalue weighted by Gasteiger charge is -2.15. The molecule has 0 unspecified atom stereocenters. The third-order valence-electron chi connectivity index (χ3n) is 6.93. The Morgan fingerprint density at radius 1 is 1.12 bits per heavy atom. The average Bonchev–Trinajstić information content (AvgIpc) is 3.78. The van der Waals surface area contributed by atoms with Gasteiger partial charge in [0.25, 0.3) is 17.6 Å². The summed E-state index contributed by atoms with van der Waals surface area (Å²) in [6, 6.07) is 12.0. The summed E-state index contributed by atoms with van der Waals surface area (Å²) in [5.41, 5.74) is 4.68. The van der Waals surface area contributed by atoms with Crippen molar-refractivity contribution in [2.24, 2.45) is 0 Å². The van der Waals surface area contributed by atoms with E-state index in [0.717, 1.165) is 33.1 Å². The van der Waals surface area contributed by atoms with Crippen molar-refractivity contribution >= 4 is 28.7 Å². The van der Waals surface area contributed by atoms with Gasteiger partial charge in [0.15, 0.2) is 11.5 Å². The average molecular weight is 553 g/mol. The van der Waals surface area contributed by atoms with Crippen molar-refractivity contribution in [1.82, 2.24) is 50.8 Å². The predicted octanol–water partition coefficient (Wildman–Crippen LogP) is 1.66. The second kappa shape index (κ2) is 9.48. The largest absolute Gasteiger partial charge is 0.448 e. The molecule has 204 valence electrons. The first kappa shape index (κ1) is 24.3. The Bertz CT molecular complexity index is 2020. The first-order valence-corrected chi connectivity index (χ1v) is 12.6. The number of H-pyrrole nitrogens is 1. The lowest BCUT2D eigenvalue weighted by molar-refractivity contribution is 0.0929. The van der Waals surface area contributed by atoms with Crippen LogP contribution in [-0.2, 0) is 13.0 Å². The fourth-order valence-electron chi connectivity index (χ4n) is 5.03. The van der Waals surface area contributed by atoms with Crippen molar-refractivity contribution < 1.29 is 18.5 Å². The molecule has 1 aliphatic carbocycles. The van der Waals surface area contributed by atoms with Gasteiger partial charge in [-0.15, -0.1) is 10.2 Å². The standard InChI is InChI=1S/C26H20N10O5/c1-12-28-18-8-13(2-7-21(18)40-12)11-27-23(37)19-10-20(36-25(30-19)33-41-26(36)39)24(38)29-17-6-4-14-9-15(3-5-16(14)17)22-31-34-35-32-22/h2-3,5,7-10,17H,4,6,11H2,1H3,(H,27,37)(H,29,38)(H,31,32,34,35)/t17-/m0/s1. The van der Waals surface area contributed by atoms with Crippen molar-refractivity contribution in [2.45, 2.75) is 32.4 Å². The van der Waals surface area contributed by atoms with Crippen LogP contribution >= 0.6 is 0 Å². The number of fused-ring (bicyclic) bond motifs is 3. The number of oxazole rings is 1. The van der Waals surface area contributed by atoms with Gasteiger partial charge in [0.2, 0.25) is 5.82 Å². The molecule has 6 aromatic rings. The van der Waals surface area contributed by atoms with Crippen LogP contribution in [0.2, 0.25) is 0 Å². The van der Waals surface area contributed by atoms with E-state index < -0.39 is 17.6 Å². The van der Waals surface area contributed by atoms with Gasteiger partial charge < -0.3 is 15.1 Å². The Morgan fingerprint density at radius 2 is 2.02 bits per heavy atom.